The normalized spacial score (nSPS) is 10.4. The fourth-order valence-electron chi connectivity index (χ4n) is 1.30. The van der Waals surface area contributed by atoms with Crippen LogP contribution in [0.4, 0.5) is 0 Å². The number of rotatable bonds is 4. The number of aromatic nitrogens is 1. The van der Waals surface area contributed by atoms with Gasteiger partial charge in [0, 0.05) is 11.6 Å². The Morgan fingerprint density at radius 3 is 2.94 bits per heavy atom. The van der Waals surface area contributed by atoms with Gasteiger partial charge in [-0.2, -0.15) is 0 Å². The van der Waals surface area contributed by atoms with Crippen molar-refractivity contribution in [3.63, 3.8) is 0 Å². The highest BCUT2D eigenvalue weighted by Gasteiger charge is 2.08. The number of hydrogen-bond donors (Lipinski definition) is 1. The second-order valence-corrected chi connectivity index (χ2v) is 4.01. The molecular weight excluding hydrogens is 274 g/mol. The quantitative estimate of drug-likeness (QED) is 0.937. The Balaban J connectivity index is 2.14. The molecule has 16 heavy (non-hydrogen) atoms. The predicted octanol–water partition coefficient (Wildman–Crippen LogP) is 2.51. The Labute approximate surface area is 101 Å². The second kappa shape index (κ2) is 5.14. The SMILES string of the molecule is OCc1cccc(Br)c1OCc1ccno1. The van der Waals surface area contributed by atoms with Gasteiger partial charge in [0.1, 0.15) is 12.4 Å². The van der Waals surface area contributed by atoms with Crippen LogP contribution in [0.3, 0.4) is 0 Å². The van der Waals surface area contributed by atoms with Gasteiger partial charge in [0.25, 0.3) is 0 Å². The molecule has 84 valence electrons. The van der Waals surface area contributed by atoms with E-state index in [-0.39, 0.29) is 13.2 Å². The molecule has 0 aliphatic heterocycles. The van der Waals surface area contributed by atoms with Crippen molar-refractivity contribution in [2.45, 2.75) is 13.2 Å². The Morgan fingerprint density at radius 2 is 2.25 bits per heavy atom. The van der Waals surface area contributed by atoms with Gasteiger partial charge in [-0.3, -0.25) is 0 Å². The molecule has 2 aromatic rings. The van der Waals surface area contributed by atoms with Gasteiger partial charge in [-0.15, -0.1) is 0 Å². The van der Waals surface area contributed by atoms with E-state index < -0.39 is 0 Å². The van der Waals surface area contributed by atoms with Crippen LogP contribution < -0.4 is 4.74 Å². The van der Waals surface area contributed by atoms with E-state index in [2.05, 4.69) is 21.1 Å². The first-order chi connectivity index (χ1) is 7.81. The van der Waals surface area contributed by atoms with Crippen LogP contribution in [0.2, 0.25) is 0 Å². The molecule has 1 heterocycles. The van der Waals surface area contributed by atoms with E-state index in [9.17, 15) is 0 Å². The number of para-hydroxylation sites is 1. The lowest BCUT2D eigenvalue weighted by atomic mass is 10.2. The zero-order chi connectivity index (χ0) is 11.4. The van der Waals surface area contributed by atoms with E-state index in [0.717, 1.165) is 10.0 Å². The second-order valence-electron chi connectivity index (χ2n) is 3.15. The standard InChI is InChI=1S/C11H10BrNO3/c12-10-3-1-2-8(6-14)11(10)15-7-9-4-5-13-16-9/h1-5,14H,6-7H2. The Morgan fingerprint density at radius 1 is 1.38 bits per heavy atom. The molecule has 5 heteroatoms. The molecule has 0 fully saturated rings. The summed E-state index contributed by atoms with van der Waals surface area (Å²) in [6, 6.07) is 7.24. The van der Waals surface area contributed by atoms with Crippen LogP contribution in [0.1, 0.15) is 11.3 Å². The molecule has 0 aliphatic rings. The number of ether oxygens (including phenoxy) is 1. The summed E-state index contributed by atoms with van der Waals surface area (Å²) in [7, 11) is 0. The zero-order valence-electron chi connectivity index (χ0n) is 8.39. The molecule has 0 unspecified atom stereocenters. The van der Waals surface area contributed by atoms with Crippen molar-refractivity contribution in [2.24, 2.45) is 0 Å². The number of hydrogen-bond acceptors (Lipinski definition) is 4. The van der Waals surface area contributed by atoms with Crippen LogP contribution in [0.15, 0.2) is 39.5 Å². The van der Waals surface area contributed by atoms with E-state index >= 15 is 0 Å². The van der Waals surface area contributed by atoms with Gasteiger partial charge in [-0.25, -0.2) is 0 Å². The number of aliphatic hydroxyl groups excluding tert-OH is 1. The Bertz CT molecular complexity index is 456. The predicted molar refractivity (Wildman–Crippen MR) is 60.9 cm³/mol. The number of nitrogens with zero attached hydrogens (tertiary/aromatic N) is 1. The number of aliphatic hydroxyl groups is 1. The first-order valence-electron chi connectivity index (χ1n) is 4.72. The molecule has 0 saturated heterocycles. The molecule has 1 aromatic carbocycles. The van der Waals surface area contributed by atoms with Crippen molar-refractivity contribution in [1.29, 1.82) is 0 Å². The molecule has 0 atom stereocenters. The van der Waals surface area contributed by atoms with E-state index in [1.807, 2.05) is 12.1 Å². The summed E-state index contributed by atoms with van der Waals surface area (Å²) in [6.45, 7) is 0.223. The molecule has 0 spiro atoms. The number of halogens is 1. The minimum Gasteiger partial charge on any atom is -0.484 e. The minimum absolute atomic E-state index is 0.0643. The third kappa shape index (κ3) is 2.43. The fraction of sp³-hybridized carbons (Fsp3) is 0.182. The molecule has 0 radical (unpaired) electrons. The van der Waals surface area contributed by atoms with Crippen LogP contribution in [0.25, 0.3) is 0 Å². The van der Waals surface area contributed by atoms with Gasteiger partial charge < -0.3 is 14.4 Å². The zero-order valence-corrected chi connectivity index (χ0v) is 9.98. The van der Waals surface area contributed by atoms with E-state index in [0.29, 0.717) is 11.5 Å². The molecule has 1 N–H and O–H groups in total. The molecule has 2 rings (SSSR count). The van der Waals surface area contributed by atoms with Gasteiger partial charge >= 0.3 is 0 Å². The van der Waals surface area contributed by atoms with Gasteiger partial charge in [0.15, 0.2) is 5.76 Å². The summed E-state index contributed by atoms with van der Waals surface area (Å²) < 4.78 is 11.3. The van der Waals surface area contributed by atoms with Crippen LogP contribution in [-0.4, -0.2) is 10.3 Å². The molecule has 0 bridgehead atoms. The van der Waals surface area contributed by atoms with Crippen molar-refractivity contribution in [3.05, 3.63) is 46.3 Å². The lowest BCUT2D eigenvalue weighted by Gasteiger charge is -2.10. The summed E-state index contributed by atoms with van der Waals surface area (Å²) in [4.78, 5) is 0. The van der Waals surface area contributed by atoms with E-state index in [4.69, 9.17) is 14.4 Å². The summed E-state index contributed by atoms with van der Waals surface area (Å²) in [5.74, 6) is 1.26. The van der Waals surface area contributed by atoms with Crippen LogP contribution in [0.5, 0.6) is 5.75 Å². The van der Waals surface area contributed by atoms with E-state index in [1.54, 1.807) is 18.3 Å². The molecule has 4 nitrogen and oxygen atoms in total. The lowest BCUT2D eigenvalue weighted by molar-refractivity contribution is 0.232. The third-order valence-corrected chi connectivity index (χ3v) is 2.69. The van der Waals surface area contributed by atoms with Crippen molar-refractivity contribution < 1.29 is 14.4 Å². The van der Waals surface area contributed by atoms with Gasteiger partial charge in [0.2, 0.25) is 0 Å². The van der Waals surface area contributed by atoms with Crippen LogP contribution in [0, 0.1) is 0 Å². The largest absolute Gasteiger partial charge is 0.484 e. The summed E-state index contributed by atoms with van der Waals surface area (Å²) in [5, 5.41) is 12.7. The number of benzene rings is 1. The molecule has 0 aliphatic carbocycles. The highest BCUT2D eigenvalue weighted by molar-refractivity contribution is 9.10. The third-order valence-electron chi connectivity index (χ3n) is 2.07. The Hall–Kier alpha value is -1.33. The van der Waals surface area contributed by atoms with Gasteiger partial charge in [0.05, 0.1) is 17.3 Å². The van der Waals surface area contributed by atoms with Crippen molar-refractivity contribution in [1.82, 2.24) is 5.16 Å². The monoisotopic (exact) mass is 283 g/mol. The summed E-state index contributed by atoms with van der Waals surface area (Å²) >= 11 is 3.37. The average molecular weight is 284 g/mol. The topological polar surface area (TPSA) is 55.5 Å². The van der Waals surface area contributed by atoms with Gasteiger partial charge in [-0.1, -0.05) is 17.3 Å². The molecule has 1 aromatic heterocycles. The maximum absolute atomic E-state index is 9.16. The molecule has 0 amide bonds. The average Bonchev–Trinajstić information content (AvgIpc) is 2.80. The summed E-state index contributed by atoms with van der Waals surface area (Å²) in [6.07, 6.45) is 1.56. The highest BCUT2D eigenvalue weighted by atomic mass is 79.9. The fourth-order valence-corrected chi connectivity index (χ4v) is 1.82. The minimum atomic E-state index is -0.0643. The van der Waals surface area contributed by atoms with Crippen molar-refractivity contribution >= 4 is 15.9 Å². The maximum Gasteiger partial charge on any atom is 0.174 e. The maximum atomic E-state index is 9.16. The van der Waals surface area contributed by atoms with Gasteiger partial charge in [-0.05, 0) is 22.0 Å². The molecule has 0 saturated carbocycles. The lowest BCUT2D eigenvalue weighted by Crippen LogP contribution is -1.98. The van der Waals surface area contributed by atoms with Crippen LogP contribution >= 0.6 is 15.9 Å². The van der Waals surface area contributed by atoms with Crippen LogP contribution in [-0.2, 0) is 13.2 Å². The Kier molecular flexibility index (Phi) is 3.58. The first kappa shape index (κ1) is 11.2. The highest BCUT2D eigenvalue weighted by Crippen LogP contribution is 2.29. The van der Waals surface area contributed by atoms with E-state index in [1.165, 1.54) is 0 Å². The summed E-state index contributed by atoms with van der Waals surface area (Å²) in [5.41, 5.74) is 0.730. The van der Waals surface area contributed by atoms with Crippen molar-refractivity contribution in [3.8, 4) is 5.75 Å². The first-order valence-corrected chi connectivity index (χ1v) is 5.51. The van der Waals surface area contributed by atoms with Crippen molar-refractivity contribution in [2.75, 3.05) is 0 Å². The smallest absolute Gasteiger partial charge is 0.174 e. The molecular formula is C11H10BrNO3.